The Labute approximate surface area is 128 Å². The summed E-state index contributed by atoms with van der Waals surface area (Å²) in [5.41, 5.74) is 2.52. The van der Waals surface area contributed by atoms with Crippen LogP contribution in [0.5, 0.6) is 0 Å². The number of carboxylic acid groups (broad SMARTS) is 2. The normalized spacial score (nSPS) is 22.5. The first-order valence-electron chi connectivity index (χ1n) is 6.99. The Bertz CT molecular complexity index is 560. The molecule has 7 nitrogen and oxygen atoms in total. The fourth-order valence-corrected chi connectivity index (χ4v) is 2.52. The number of aromatic nitrogens is 1. The number of hydrogen-bond acceptors (Lipinski definition) is 5. The van der Waals surface area contributed by atoms with Crippen LogP contribution < -0.4 is 10.2 Å². The highest BCUT2D eigenvalue weighted by molar-refractivity contribution is 5.89. The lowest BCUT2D eigenvalue weighted by Gasteiger charge is -2.29. The third-order valence-corrected chi connectivity index (χ3v) is 3.68. The summed E-state index contributed by atoms with van der Waals surface area (Å²) >= 11 is 0. The van der Waals surface area contributed by atoms with Crippen molar-refractivity contribution in [3.8, 4) is 0 Å². The number of aliphatic carboxylic acids is 2. The quantitative estimate of drug-likeness (QED) is 0.699. The van der Waals surface area contributed by atoms with Crippen LogP contribution in [0, 0.1) is 12.8 Å². The number of nitrogens with one attached hydrogen (secondary N) is 1. The van der Waals surface area contributed by atoms with Gasteiger partial charge in [-0.15, -0.1) is 0 Å². The molecule has 3 N–H and O–H groups in total. The zero-order valence-corrected chi connectivity index (χ0v) is 12.3. The minimum absolute atomic E-state index is 0.558. The van der Waals surface area contributed by atoms with Gasteiger partial charge in [0.05, 0.1) is 11.9 Å². The van der Waals surface area contributed by atoms with E-state index in [4.69, 9.17) is 10.2 Å². The Kier molecular flexibility index (Phi) is 5.11. The van der Waals surface area contributed by atoms with Crippen LogP contribution in [0.25, 0.3) is 0 Å². The average Bonchev–Trinajstić information content (AvgIpc) is 2.73. The summed E-state index contributed by atoms with van der Waals surface area (Å²) in [5, 5.41) is 19.1. The molecule has 0 saturated carbocycles. The van der Waals surface area contributed by atoms with Gasteiger partial charge in [0.2, 0.25) is 0 Å². The number of pyridine rings is 1. The topological polar surface area (TPSA) is 103 Å². The fraction of sp³-hybridized carbons (Fsp3) is 0.400. The van der Waals surface area contributed by atoms with Crippen molar-refractivity contribution >= 4 is 17.6 Å². The molecule has 0 amide bonds. The third kappa shape index (κ3) is 4.29. The van der Waals surface area contributed by atoms with E-state index in [1.807, 2.05) is 12.4 Å². The number of carboxylic acids is 2. The van der Waals surface area contributed by atoms with Crippen molar-refractivity contribution in [3.05, 3.63) is 36.2 Å². The number of nitrogens with zero attached hydrogens (tertiary/aromatic N) is 2. The summed E-state index contributed by atoms with van der Waals surface area (Å²) in [6.45, 7) is 5.64. The minimum Gasteiger partial charge on any atom is -0.478 e. The Morgan fingerprint density at radius 2 is 1.95 bits per heavy atom. The molecule has 22 heavy (non-hydrogen) atoms. The first-order chi connectivity index (χ1) is 10.5. The van der Waals surface area contributed by atoms with E-state index in [1.165, 1.54) is 24.3 Å². The van der Waals surface area contributed by atoms with Crippen LogP contribution in [0.2, 0.25) is 0 Å². The zero-order valence-electron chi connectivity index (χ0n) is 12.3. The molecule has 1 aromatic rings. The van der Waals surface area contributed by atoms with Gasteiger partial charge >= 0.3 is 11.9 Å². The molecule has 0 unspecified atom stereocenters. The number of anilines is 1. The maximum atomic E-state index is 9.55. The van der Waals surface area contributed by atoms with Crippen molar-refractivity contribution in [1.29, 1.82) is 0 Å². The highest BCUT2D eigenvalue weighted by Crippen LogP contribution is 2.27. The SMILES string of the molecule is Cc1cncc(N2C[C@@H]3CN[C@@H]3C2)c1.O=C(O)/C=C/C(=O)O. The molecule has 0 bridgehead atoms. The lowest BCUT2D eigenvalue weighted by atomic mass is 9.96. The second kappa shape index (κ2) is 7.04. The monoisotopic (exact) mass is 305 g/mol. The van der Waals surface area contributed by atoms with E-state index in [0.29, 0.717) is 12.2 Å². The van der Waals surface area contributed by atoms with Gasteiger partial charge in [0.25, 0.3) is 0 Å². The molecule has 1 aromatic heterocycles. The molecule has 3 heterocycles. The summed E-state index contributed by atoms with van der Waals surface area (Å²) in [6, 6.07) is 2.95. The van der Waals surface area contributed by atoms with E-state index in [9.17, 15) is 9.59 Å². The second-order valence-electron chi connectivity index (χ2n) is 5.41. The van der Waals surface area contributed by atoms with Gasteiger partial charge in [-0.25, -0.2) is 9.59 Å². The van der Waals surface area contributed by atoms with E-state index >= 15 is 0 Å². The van der Waals surface area contributed by atoms with Crippen molar-refractivity contribution < 1.29 is 19.8 Å². The maximum absolute atomic E-state index is 9.55. The predicted molar refractivity (Wildman–Crippen MR) is 80.9 cm³/mol. The van der Waals surface area contributed by atoms with Crippen molar-refractivity contribution in [1.82, 2.24) is 10.3 Å². The Morgan fingerprint density at radius 3 is 2.36 bits per heavy atom. The van der Waals surface area contributed by atoms with Gasteiger partial charge in [0.1, 0.15) is 0 Å². The van der Waals surface area contributed by atoms with Crippen LogP contribution >= 0.6 is 0 Å². The lowest BCUT2D eigenvalue weighted by molar-refractivity contribution is -0.134. The maximum Gasteiger partial charge on any atom is 0.328 e. The van der Waals surface area contributed by atoms with Crippen LogP contribution in [-0.2, 0) is 9.59 Å². The number of hydrogen-bond donors (Lipinski definition) is 3. The molecule has 0 spiro atoms. The summed E-state index contributed by atoms with van der Waals surface area (Å²) in [7, 11) is 0. The Morgan fingerprint density at radius 1 is 1.27 bits per heavy atom. The molecule has 0 aromatic carbocycles. The molecule has 118 valence electrons. The first kappa shape index (κ1) is 16.0. The van der Waals surface area contributed by atoms with E-state index in [-0.39, 0.29) is 0 Å². The molecular weight excluding hydrogens is 286 g/mol. The summed E-state index contributed by atoms with van der Waals surface area (Å²) in [4.78, 5) is 25.8. The summed E-state index contributed by atoms with van der Waals surface area (Å²) in [6.07, 6.45) is 4.99. The number of fused-ring (bicyclic) bond motifs is 1. The van der Waals surface area contributed by atoms with Gasteiger partial charge in [-0.2, -0.15) is 0 Å². The standard InChI is InChI=1S/C11H15N3.C4H4O4/c1-8-2-10(5-12-3-8)14-6-9-4-13-11(9)7-14;5-3(6)1-2-4(7)8/h2-3,5,9,11,13H,4,6-7H2,1H3;1-2H,(H,5,6)(H,7,8)/b;2-1+/t9-,11+;/m0./s1. The predicted octanol–water partition coefficient (Wildman–Crippen LogP) is 0.510. The van der Waals surface area contributed by atoms with E-state index < -0.39 is 11.9 Å². The number of aryl methyl sites for hydroxylation is 1. The summed E-state index contributed by atoms with van der Waals surface area (Å²) < 4.78 is 0. The van der Waals surface area contributed by atoms with E-state index in [0.717, 1.165) is 18.5 Å². The molecule has 2 aliphatic heterocycles. The molecule has 3 rings (SSSR count). The van der Waals surface area contributed by atoms with Crippen LogP contribution in [0.15, 0.2) is 30.6 Å². The van der Waals surface area contributed by atoms with Crippen molar-refractivity contribution in [2.45, 2.75) is 13.0 Å². The van der Waals surface area contributed by atoms with Gasteiger partial charge in [-0.3, -0.25) is 4.98 Å². The van der Waals surface area contributed by atoms with Gasteiger partial charge in [-0.05, 0) is 18.6 Å². The van der Waals surface area contributed by atoms with E-state index in [2.05, 4.69) is 28.2 Å². The Balaban J connectivity index is 0.000000192. The summed E-state index contributed by atoms with van der Waals surface area (Å²) in [5.74, 6) is -1.64. The molecule has 2 atom stereocenters. The molecule has 0 radical (unpaired) electrons. The first-order valence-corrected chi connectivity index (χ1v) is 6.99. The average molecular weight is 305 g/mol. The van der Waals surface area contributed by atoms with Crippen LogP contribution in [0.1, 0.15) is 5.56 Å². The molecule has 7 heteroatoms. The minimum atomic E-state index is -1.26. The van der Waals surface area contributed by atoms with Gasteiger partial charge in [0.15, 0.2) is 0 Å². The highest BCUT2D eigenvalue weighted by atomic mass is 16.4. The van der Waals surface area contributed by atoms with Gasteiger partial charge in [-0.1, -0.05) is 0 Å². The van der Waals surface area contributed by atoms with Gasteiger partial charge in [0, 0.05) is 49.9 Å². The molecule has 2 fully saturated rings. The largest absolute Gasteiger partial charge is 0.478 e. The highest BCUT2D eigenvalue weighted by Gasteiger charge is 2.38. The van der Waals surface area contributed by atoms with Gasteiger partial charge < -0.3 is 20.4 Å². The van der Waals surface area contributed by atoms with E-state index in [1.54, 1.807) is 0 Å². The third-order valence-electron chi connectivity index (χ3n) is 3.68. The number of carbonyl (C=O) groups is 2. The smallest absolute Gasteiger partial charge is 0.328 e. The number of rotatable bonds is 3. The zero-order chi connectivity index (χ0) is 16.1. The fourth-order valence-electron chi connectivity index (χ4n) is 2.52. The van der Waals surface area contributed by atoms with Crippen molar-refractivity contribution in [2.24, 2.45) is 5.92 Å². The molecule has 2 saturated heterocycles. The van der Waals surface area contributed by atoms with Crippen LogP contribution in [0.4, 0.5) is 5.69 Å². The molecule has 2 aliphatic rings. The van der Waals surface area contributed by atoms with Crippen molar-refractivity contribution in [3.63, 3.8) is 0 Å². The Hall–Kier alpha value is -2.41. The molecule has 0 aliphatic carbocycles. The van der Waals surface area contributed by atoms with Crippen LogP contribution in [-0.4, -0.2) is 52.8 Å². The van der Waals surface area contributed by atoms with Crippen LogP contribution in [0.3, 0.4) is 0 Å². The second-order valence-corrected chi connectivity index (χ2v) is 5.41. The van der Waals surface area contributed by atoms with Crippen molar-refractivity contribution in [2.75, 3.05) is 24.5 Å². The lowest BCUT2D eigenvalue weighted by Crippen LogP contribution is -2.51. The molecular formula is C15H19N3O4.